The van der Waals surface area contributed by atoms with Crippen molar-refractivity contribution in [1.29, 1.82) is 0 Å². The summed E-state index contributed by atoms with van der Waals surface area (Å²) in [5.74, 6) is 0. The second-order valence-corrected chi connectivity index (χ2v) is 47.3. The van der Waals surface area contributed by atoms with Gasteiger partial charge in [0, 0.05) is 6.61 Å². The fraction of sp³-hybridized carbons (Fsp3) is 0.942. The molecule has 0 amide bonds. The van der Waals surface area contributed by atoms with E-state index < -0.39 is 40.6 Å². The SMILES string of the molecule is CCC[CH2][Sn]([CH2]/C=C/O[C@H]1CC[C@@]2(C)O[C@H]3[C@@H](O[Si](C(C)C)(C(C)C)C(C)C)C[C@@H](CCCO[Si](C(C)C)(C(C)C)C(C)C)O[C@@H]3C[C@@H]2O[C@@H]1CCC=O)([CH2]CCC)[CH2]CCC. The summed E-state index contributed by atoms with van der Waals surface area (Å²) in [5.41, 5.74) is 2.65. The molecule has 0 aromatic heterocycles. The van der Waals surface area contributed by atoms with Crippen molar-refractivity contribution in [3.05, 3.63) is 12.3 Å². The van der Waals surface area contributed by atoms with E-state index in [0.29, 0.717) is 46.1 Å². The molecule has 3 fully saturated rings. The van der Waals surface area contributed by atoms with Crippen LogP contribution in [-0.2, 0) is 32.6 Å². The molecule has 0 unspecified atom stereocenters. The Morgan fingerprint density at radius 3 is 1.76 bits per heavy atom. The van der Waals surface area contributed by atoms with Gasteiger partial charge in [0.05, 0.1) is 0 Å². The molecule has 0 saturated carbocycles. The summed E-state index contributed by atoms with van der Waals surface area (Å²) < 4.78 is 49.1. The van der Waals surface area contributed by atoms with Gasteiger partial charge in [-0.15, -0.1) is 0 Å². The van der Waals surface area contributed by atoms with Gasteiger partial charge >= 0.3 is 236 Å². The quantitative estimate of drug-likeness (QED) is 0.0320. The van der Waals surface area contributed by atoms with Gasteiger partial charge in [0.15, 0.2) is 8.32 Å². The molecule has 364 valence electrons. The molecule has 0 bridgehead atoms. The number of hydrogen-bond acceptors (Lipinski definition) is 7. The number of carbonyl (C=O) groups excluding carboxylic acids is 1. The van der Waals surface area contributed by atoms with Crippen molar-refractivity contribution in [3.63, 3.8) is 0 Å². The van der Waals surface area contributed by atoms with E-state index in [4.69, 9.17) is 27.8 Å². The standard InChI is InChI=1S/C40H75O7Si2.3C4H9.Sn/c1-15-23-42-34-20-21-40(14)38(45-35(34)19-16-22-41)26-36-39(46-40)37(47-49(30(8)9,31(10)11)32(12)13)25-33(44-36)18-17-24-43-48(27(2)3,28(4)5)29(6)7;3*1-3-4-2;/h15,22-23,27-39H,1,16-21,24-26H2,2-14H3;3*1,3-4H2,2H3;/b23-15+;;;;/t33-,34+,35-,36-,37+,38+,39-,40-;;;;/m1..../s1. The van der Waals surface area contributed by atoms with Gasteiger partial charge in [-0.3, -0.25) is 0 Å². The van der Waals surface area contributed by atoms with Gasteiger partial charge in [0.25, 0.3) is 0 Å². The Balaban J connectivity index is 1.90. The number of fused-ring (bicyclic) bond motifs is 2. The average Bonchev–Trinajstić information content (AvgIpc) is 3.34. The summed E-state index contributed by atoms with van der Waals surface area (Å²) in [6.07, 6.45) is 19.2. The average molecular weight is 1010 g/mol. The van der Waals surface area contributed by atoms with Gasteiger partial charge in [0.2, 0.25) is 8.32 Å². The number of rotatable bonds is 29. The van der Waals surface area contributed by atoms with Crippen molar-refractivity contribution < 1.29 is 32.6 Å². The van der Waals surface area contributed by atoms with E-state index in [1.807, 2.05) is 6.26 Å². The maximum absolute atomic E-state index is 11.8. The van der Waals surface area contributed by atoms with E-state index in [1.165, 1.54) is 56.3 Å². The Morgan fingerprint density at radius 2 is 1.26 bits per heavy atom. The predicted molar refractivity (Wildman–Crippen MR) is 270 cm³/mol. The fourth-order valence-corrected chi connectivity index (χ4v) is 39.1. The van der Waals surface area contributed by atoms with Gasteiger partial charge in [0.1, 0.15) is 0 Å². The maximum atomic E-state index is 11.8. The molecule has 62 heavy (non-hydrogen) atoms. The van der Waals surface area contributed by atoms with Gasteiger partial charge < -0.3 is 4.43 Å². The number of unbranched alkanes of at least 4 members (excludes halogenated alkanes) is 3. The Morgan fingerprint density at radius 1 is 0.710 bits per heavy atom. The molecule has 3 aliphatic rings. The van der Waals surface area contributed by atoms with E-state index >= 15 is 0 Å². The molecule has 0 radical (unpaired) electrons. The molecule has 3 heterocycles. The summed E-state index contributed by atoms with van der Waals surface area (Å²) in [5, 5.41) is 0. The van der Waals surface area contributed by atoms with Crippen LogP contribution < -0.4 is 0 Å². The first-order valence-electron chi connectivity index (χ1n) is 26.4. The molecule has 0 aromatic rings. The minimum absolute atomic E-state index is 0.0319. The number of aldehydes is 1. The first kappa shape index (κ1) is 56.6. The van der Waals surface area contributed by atoms with Gasteiger partial charge in [-0.05, 0) is 46.1 Å². The van der Waals surface area contributed by atoms with Crippen LogP contribution in [0, 0.1) is 0 Å². The topological polar surface area (TPSA) is 72.5 Å². The number of ether oxygens (including phenoxy) is 4. The predicted octanol–water partition coefficient (Wildman–Crippen LogP) is 15.5. The second kappa shape index (κ2) is 26.7. The van der Waals surface area contributed by atoms with E-state index in [0.717, 1.165) is 51.4 Å². The summed E-state index contributed by atoms with van der Waals surface area (Å²) in [6, 6.07) is 0. The van der Waals surface area contributed by atoms with Crippen LogP contribution in [0.5, 0.6) is 0 Å². The molecule has 10 heteroatoms. The Kier molecular flexibility index (Phi) is 24.4. The van der Waals surface area contributed by atoms with Gasteiger partial charge in [-0.25, -0.2) is 0 Å². The van der Waals surface area contributed by atoms with Crippen LogP contribution in [0.15, 0.2) is 12.3 Å². The molecule has 0 aromatic carbocycles. The first-order valence-corrected chi connectivity index (χ1v) is 38.7. The normalized spacial score (nSPS) is 27.8. The monoisotopic (exact) mass is 1010 g/mol. The van der Waals surface area contributed by atoms with Crippen LogP contribution in [0.4, 0.5) is 0 Å². The zero-order chi connectivity index (χ0) is 46.3. The molecule has 0 N–H and O–H groups in total. The molecular formula is C52H102O7Si2Sn. The summed E-state index contributed by atoms with van der Waals surface area (Å²) in [7, 11) is -4.18. The van der Waals surface area contributed by atoms with Crippen LogP contribution in [-0.4, -0.2) is 96.2 Å². The second-order valence-electron chi connectivity index (χ2n) is 22.5. The third-order valence-corrected chi connectivity index (χ3v) is 43.7. The van der Waals surface area contributed by atoms with Crippen molar-refractivity contribution >= 4 is 41.3 Å². The van der Waals surface area contributed by atoms with Crippen LogP contribution >= 0.6 is 0 Å². The summed E-state index contributed by atoms with van der Waals surface area (Å²) in [4.78, 5) is 11.8. The van der Waals surface area contributed by atoms with Crippen molar-refractivity contribution in [2.24, 2.45) is 0 Å². The van der Waals surface area contributed by atoms with E-state index in [2.05, 4.69) is 117 Å². The van der Waals surface area contributed by atoms with E-state index in [9.17, 15) is 4.79 Å². The van der Waals surface area contributed by atoms with Crippen LogP contribution in [0.1, 0.15) is 201 Å². The summed E-state index contributed by atoms with van der Waals surface area (Å²) >= 11 is -2.33. The molecular weight excluding hydrogens is 911 g/mol. The third kappa shape index (κ3) is 14.4. The molecule has 0 spiro atoms. The molecule has 3 rings (SSSR count). The van der Waals surface area contributed by atoms with Crippen molar-refractivity contribution in [1.82, 2.24) is 0 Å². The minimum atomic E-state index is -2.33. The van der Waals surface area contributed by atoms with E-state index in [1.54, 1.807) is 0 Å². The third-order valence-electron chi connectivity index (χ3n) is 16.3. The molecule has 0 aliphatic carbocycles. The van der Waals surface area contributed by atoms with Crippen molar-refractivity contribution in [3.8, 4) is 0 Å². The Hall–Kier alpha value is 0.242. The van der Waals surface area contributed by atoms with E-state index in [-0.39, 0.29) is 42.7 Å². The fourth-order valence-electron chi connectivity index (χ4n) is 13.0. The molecule has 3 aliphatic heterocycles. The zero-order valence-electron chi connectivity index (χ0n) is 43.5. The first-order chi connectivity index (χ1) is 29.3. The van der Waals surface area contributed by atoms with Crippen LogP contribution in [0.3, 0.4) is 0 Å². The van der Waals surface area contributed by atoms with Crippen molar-refractivity contribution in [2.45, 2.75) is 300 Å². The van der Waals surface area contributed by atoms with Crippen LogP contribution in [0.25, 0.3) is 0 Å². The van der Waals surface area contributed by atoms with Crippen molar-refractivity contribution in [2.75, 3.05) is 6.61 Å². The summed E-state index contributed by atoms with van der Waals surface area (Å²) in [6.45, 7) is 38.7. The van der Waals surface area contributed by atoms with Gasteiger partial charge in [-0.1, -0.05) is 83.1 Å². The number of carbonyl (C=O) groups is 1. The molecule has 8 atom stereocenters. The van der Waals surface area contributed by atoms with Gasteiger partial charge in [-0.2, -0.15) is 0 Å². The zero-order valence-corrected chi connectivity index (χ0v) is 48.4. The van der Waals surface area contributed by atoms with Crippen LogP contribution in [0.2, 0.25) is 51.0 Å². The Bertz CT molecular complexity index is 1230. The Labute approximate surface area is 390 Å². The molecule has 3 saturated heterocycles. The number of allylic oxidation sites excluding steroid dienone is 1. The number of hydrogen-bond donors (Lipinski definition) is 0. The molecule has 7 nitrogen and oxygen atoms in total.